The van der Waals surface area contributed by atoms with Gasteiger partial charge in [-0.1, -0.05) is 13.8 Å². The number of rotatable bonds is 3. The minimum Gasteiger partial charge on any atom is -0.341 e. The van der Waals surface area contributed by atoms with Crippen LogP contribution in [0.5, 0.6) is 0 Å². The van der Waals surface area contributed by atoms with Crippen molar-refractivity contribution in [2.24, 2.45) is 11.7 Å². The van der Waals surface area contributed by atoms with Gasteiger partial charge in [0.05, 0.1) is 0 Å². The Kier molecular flexibility index (Phi) is 4.61. The number of hydrogen-bond acceptors (Lipinski definition) is 2. The molecule has 0 saturated carbocycles. The number of amides is 2. The maximum absolute atomic E-state index is 10.7. The lowest BCUT2D eigenvalue weighted by Gasteiger charge is -2.15. The lowest BCUT2D eigenvalue weighted by molar-refractivity contribution is 0.241. The molecule has 0 rings (SSSR count). The van der Waals surface area contributed by atoms with Crippen molar-refractivity contribution >= 4 is 6.03 Å². The van der Waals surface area contributed by atoms with Gasteiger partial charge >= 0.3 is 6.03 Å². The van der Waals surface area contributed by atoms with Crippen molar-refractivity contribution in [2.45, 2.75) is 19.9 Å². The van der Waals surface area contributed by atoms with Crippen LogP contribution in [0, 0.1) is 5.92 Å². The molecular formula is C7H17N3O. The van der Waals surface area contributed by atoms with Crippen molar-refractivity contribution in [3.63, 3.8) is 0 Å². The molecule has 0 aromatic heterocycles. The van der Waals surface area contributed by atoms with E-state index in [2.05, 4.69) is 10.6 Å². The van der Waals surface area contributed by atoms with Gasteiger partial charge in [-0.3, -0.25) is 0 Å². The summed E-state index contributed by atoms with van der Waals surface area (Å²) >= 11 is 0. The van der Waals surface area contributed by atoms with Gasteiger partial charge in [-0.2, -0.15) is 0 Å². The van der Waals surface area contributed by atoms with Crippen molar-refractivity contribution in [1.82, 2.24) is 10.6 Å². The van der Waals surface area contributed by atoms with Crippen molar-refractivity contribution in [1.29, 1.82) is 0 Å². The van der Waals surface area contributed by atoms with Gasteiger partial charge in [0.1, 0.15) is 0 Å². The SMILES string of the molecule is CNC(=O)NCC(N)C(C)C. The van der Waals surface area contributed by atoms with Gasteiger partial charge in [-0.25, -0.2) is 4.79 Å². The molecule has 1 atom stereocenters. The monoisotopic (exact) mass is 159 g/mol. The van der Waals surface area contributed by atoms with Gasteiger partial charge in [0, 0.05) is 19.6 Å². The highest BCUT2D eigenvalue weighted by atomic mass is 16.2. The van der Waals surface area contributed by atoms with Gasteiger partial charge in [0.15, 0.2) is 0 Å². The van der Waals surface area contributed by atoms with Crippen LogP contribution >= 0.6 is 0 Å². The fourth-order valence-corrected chi connectivity index (χ4v) is 0.535. The topological polar surface area (TPSA) is 67.2 Å². The van der Waals surface area contributed by atoms with Crippen molar-refractivity contribution in [3.05, 3.63) is 0 Å². The van der Waals surface area contributed by atoms with Crippen LogP contribution in [0.1, 0.15) is 13.8 Å². The van der Waals surface area contributed by atoms with Crippen molar-refractivity contribution in [2.75, 3.05) is 13.6 Å². The van der Waals surface area contributed by atoms with Gasteiger partial charge in [0.25, 0.3) is 0 Å². The first-order valence-corrected chi connectivity index (χ1v) is 3.79. The normalized spacial score (nSPS) is 12.8. The Morgan fingerprint density at radius 3 is 2.45 bits per heavy atom. The largest absolute Gasteiger partial charge is 0.341 e. The lowest BCUT2D eigenvalue weighted by Crippen LogP contribution is -2.43. The molecule has 4 nitrogen and oxygen atoms in total. The fourth-order valence-electron chi connectivity index (χ4n) is 0.535. The number of hydrogen-bond donors (Lipinski definition) is 3. The molecule has 0 saturated heterocycles. The number of carbonyl (C=O) groups excluding carboxylic acids is 1. The van der Waals surface area contributed by atoms with Crippen LogP contribution in [-0.2, 0) is 0 Å². The molecule has 11 heavy (non-hydrogen) atoms. The molecule has 0 fully saturated rings. The maximum Gasteiger partial charge on any atom is 0.314 e. The molecule has 0 bridgehead atoms. The molecule has 0 aliphatic carbocycles. The second kappa shape index (κ2) is 4.96. The first-order valence-electron chi connectivity index (χ1n) is 3.79. The lowest BCUT2D eigenvalue weighted by atomic mass is 10.1. The van der Waals surface area contributed by atoms with Crippen molar-refractivity contribution in [3.8, 4) is 0 Å². The standard InChI is InChI=1S/C7H17N3O/c1-5(2)6(8)4-10-7(11)9-3/h5-6H,4,8H2,1-3H3,(H2,9,10,11). The summed E-state index contributed by atoms with van der Waals surface area (Å²) in [7, 11) is 1.58. The van der Waals surface area contributed by atoms with Gasteiger partial charge < -0.3 is 16.4 Å². The molecule has 2 amide bonds. The molecule has 1 unspecified atom stereocenters. The first kappa shape index (κ1) is 10.2. The molecule has 4 N–H and O–H groups in total. The van der Waals surface area contributed by atoms with E-state index in [4.69, 9.17) is 5.73 Å². The zero-order valence-corrected chi connectivity index (χ0v) is 7.35. The van der Waals surface area contributed by atoms with E-state index in [0.29, 0.717) is 12.5 Å². The summed E-state index contributed by atoms with van der Waals surface area (Å²) in [6.07, 6.45) is 0. The third kappa shape index (κ3) is 4.61. The van der Waals surface area contributed by atoms with E-state index in [1.165, 1.54) is 0 Å². The zero-order chi connectivity index (χ0) is 8.85. The van der Waals surface area contributed by atoms with E-state index in [-0.39, 0.29) is 12.1 Å². The highest BCUT2D eigenvalue weighted by Crippen LogP contribution is 1.95. The van der Waals surface area contributed by atoms with Crippen LogP contribution in [0.4, 0.5) is 4.79 Å². The average Bonchev–Trinajstić information content (AvgIpc) is 1.99. The Hall–Kier alpha value is -0.770. The van der Waals surface area contributed by atoms with Crippen LogP contribution in [0.3, 0.4) is 0 Å². The quantitative estimate of drug-likeness (QED) is 0.538. The molecule has 0 heterocycles. The van der Waals surface area contributed by atoms with Crippen LogP contribution in [-0.4, -0.2) is 25.7 Å². The third-order valence-corrected chi connectivity index (χ3v) is 1.58. The Morgan fingerprint density at radius 2 is 2.09 bits per heavy atom. The second-order valence-electron chi connectivity index (χ2n) is 2.87. The summed E-state index contributed by atoms with van der Waals surface area (Å²) < 4.78 is 0. The third-order valence-electron chi connectivity index (χ3n) is 1.58. The molecule has 0 spiro atoms. The fraction of sp³-hybridized carbons (Fsp3) is 0.857. The van der Waals surface area contributed by atoms with E-state index in [1.54, 1.807) is 7.05 Å². The van der Waals surface area contributed by atoms with Gasteiger partial charge in [-0.05, 0) is 5.92 Å². The van der Waals surface area contributed by atoms with Crippen molar-refractivity contribution < 1.29 is 4.79 Å². The summed E-state index contributed by atoms with van der Waals surface area (Å²) in [5.41, 5.74) is 5.68. The second-order valence-corrected chi connectivity index (χ2v) is 2.87. The molecule has 4 heteroatoms. The number of urea groups is 1. The molecule has 0 aliphatic rings. The Balaban J connectivity index is 3.45. The van der Waals surface area contributed by atoms with E-state index < -0.39 is 0 Å². The first-order chi connectivity index (χ1) is 5.07. The molecule has 0 radical (unpaired) electrons. The minimum absolute atomic E-state index is 0.0345. The Labute approximate surface area is 67.5 Å². The highest BCUT2D eigenvalue weighted by Gasteiger charge is 2.07. The molecule has 0 aliphatic heterocycles. The van der Waals surface area contributed by atoms with Crippen LogP contribution in [0.2, 0.25) is 0 Å². The predicted molar refractivity (Wildman–Crippen MR) is 45.3 cm³/mol. The molecular weight excluding hydrogens is 142 g/mol. The smallest absolute Gasteiger partial charge is 0.314 e. The minimum atomic E-state index is -0.180. The summed E-state index contributed by atoms with van der Waals surface area (Å²) in [6.45, 7) is 4.57. The average molecular weight is 159 g/mol. The summed E-state index contributed by atoms with van der Waals surface area (Å²) in [4.78, 5) is 10.7. The Morgan fingerprint density at radius 1 is 1.55 bits per heavy atom. The van der Waals surface area contributed by atoms with E-state index in [9.17, 15) is 4.79 Å². The van der Waals surface area contributed by atoms with E-state index >= 15 is 0 Å². The Bertz CT molecular complexity index is 125. The zero-order valence-electron chi connectivity index (χ0n) is 7.35. The highest BCUT2D eigenvalue weighted by molar-refractivity contribution is 5.73. The van der Waals surface area contributed by atoms with Crippen LogP contribution in [0.25, 0.3) is 0 Å². The van der Waals surface area contributed by atoms with Crippen LogP contribution in [0.15, 0.2) is 0 Å². The summed E-state index contributed by atoms with van der Waals surface area (Å²) in [5, 5.41) is 5.09. The molecule has 66 valence electrons. The number of nitrogens with one attached hydrogen (secondary N) is 2. The summed E-state index contributed by atoms with van der Waals surface area (Å²) in [5.74, 6) is 0.396. The maximum atomic E-state index is 10.7. The number of nitrogens with two attached hydrogens (primary N) is 1. The predicted octanol–water partition coefficient (Wildman–Crippen LogP) is -0.101. The van der Waals surface area contributed by atoms with E-state index in [0.717, 1.165) is 0 Å². The molecule has 0 aromatic rings. The molecule has 0 aromatic carbocycles. The number of carbonyl (C=O) groups is 1. The van der Waals surface area contributed by atoms with E-state index in [1.807, 2.05) is 13.8 Å². The van der Waals surface area contributed by atoms with Gasteiger partial charge in [0.2, 0.25) is 0 Å². The summed E-state index contributed by atoms with van der Waals surface area (Å²) in [6, 6.07) is -0.145. The van der Waals surface area contributed by atoms with Crippen LogP contribution < -0.4 is 16.4 Å². The van der Waals surface area contributed by atoms with Gasteiger partial charge in [-0.15, -0.1) is 0 Å².